The normalized spacial score (nSPS) is 16.4. The molecule has 134 valence electrons. The van der Waals surface area contributed by atoms with Gasteiger partial charge in [0, 0.05) is 5.56 Å². The van der Waals surface area contributed by atoms with E-state index in [-0.39, 0.29) is 18.4 Å². The number of aryl methyl sites for hydroxylation is 1. The Morgan fingerprint density at radius 3 is 2.69 bits per heavy atom. The smallest absolute Gasteiger partial charge is 0.311 e. The van der Waals surface area contributed by atoms with Crippen LogP contribution in [0.5, 0.6) is 0 Å². The quantitative estimate of drug-likeness (QED) is 0.791. The van der Waals surface area contributed by atoms with Gasteiger partial charge in [0.05, 0.1) is 12.5 Å². The molecule has 0 bridgehead atoms. The van der Waals surface area contributed by atoms with Crippen molar-refractivity contribution in [3.05, 3.63) is 70.8 Å². The van der Waals surface area contributed by atoms with Crippen molar-refractivity contribution in [1.82, 2.24) is 5.32 Å². The van der Waals surface area contributed by atoms with E-state index in [2.05, 4.69) is 9.68 Å². The number of fused-ring (bicyclic) bond motifs is 1. The van der Waals surface area contributed by atoms with E-state index in [4.69, 9.17) is 0 Å². The number of amides is 1. The van der Waals surface area contributed by atoms with Gasteiger partial charge in [-0.15, -0.1) is 0 Å². The van der Waals surface area contributed by atoms with Gasteiger partial charge in [0.1, 0.15) is 12.3 Å². The van der Waals surface area contributed by atoms with Crippen LogP contribution >= 0.6 is 0 Å². The topological polar surface area (TPSA) is 92.7 Å². The molecule has 0 aromatic heterocycles. The first-order chi connectivity index (χ1) is 12.6. The molecular formula is C19H18N2O4S. The molecule has 0 spiro atoms. The van der Waals surface area contributed by atoms with Crippen LogP contribution in [0.1, 0.15) is 52.0 Å². The Bertz CT molecular complexity index is 947. The van der Waals surface area contributed by atoms with Crippen molar-refractivity contribution in [2.75, 3.05) is 0 Å². The molecule has 0 aliphatic heterocycles. The van der Waals surface area contributed by atoms with E-state index in [9.17, 15) is 18.0 Å². The van der Waals surface area contributed by atoms with Gasteiger partial charge in [0.2, 0.25) is 5.91 Å². The van der Waals surface area contributed by atoms with Crippen molar-refractivity contribution in [2.24, 2.45) is 4.36 Å². The number of hydrogen-bond donors (Lipinski definition) is 1. The van der Waals surface area contributed by atoms with Gasteiger partial charge in [-0.2, -0.15) is 12.8 Å². The van der Waals surface area contributed by atoms with Gasteiger partial charge >= 0.3 is 10.5 Å². The van der Waals surface area contributed by atoms with E-state index < -0.39 is 16.5 Å². The minimum atomic E-state index is -2.59. The summed E-state index contributed by atoms with van der Waals surface area (Å²) in [5.41, 5.74) is 3.36. The van der Waals surface area contributed by atoms with E-state index >= 15 is 0 Å². The van der Waals surface area contributed by atoms with Gasteiger partial charge < -0.3 is 5.32 Å². The number of hydrogen-bond acceptors (Lipinski definition) is 5. The Hall–Kier alpha value is -2.80. The van der Waals surface area contributed by atoms with Gasteiger partial charge in [-0.3, -0.25) is 9.59 Å². The molecule has 0 heterocycles. The maximum absolute atomic E-state index is 12.5. The number of benzene rings is 2. The predicted octanol–water partition coefficient (Wildman–Crippen LogP) is 2.80. The first-order valence-corrected chi connectivity index (χ1v) is 9.32. The molecule has 0 saturated carbocycles. The van der Waals surface area contributed by atoms with Crippen molar-refractivity contribution < 1.29 is 18.0 Å². The molecule has 2 unspecified atom stereocenters. The van der Waals surface area contributed by atoms with Gasteiger partial charge in [0.15, 0.2) is 0 Å². The summed E-state index contributed by atoms with van der Waals surface area (Å²) in [5, 5.41) is 2.96. The molecule has 3 rings (SSSR count). The van der Waals surface area contributed by atoms with Crippen LogP contribution in [-0.2, 0) is 21.7 Å². The summed E-state index contributed by atoms with van der Waals surface area (Å²) in [4.78, 5) is 23.3. The highest BCUT2D eigenvalue weighted by molar-refractivity contribution is 7.61. The number of rotatable bonds is 6. The van der Waals surface area contributed by atoms with Crippen LogP contribution in [0.15, 0.2) is 52.9 Å². The van der Waals surface area contributed by atoms with E-state index in [0.29, 0.717) is 11.1 Å². The van der Waals surface area contributed by atoms with Crippen molar-refractivity contribution in [3.63, 3.8) is 0 Å². The van der Waals surface area contributed by atoms with Crippen LogP contribution < -0.4 is 5.32 Å². The zero-order valence-corrected chi connectivity index (χ0v) is 14.8. The molecule has 26 heavy (non-hydrogen) atoms. The fraction of sp³-hybridized carbons (Fsp3) is 0.263. The van der Waals surface area contributed by atoms with Gasteiger partial charge in [-0.25, -0.2) is 0 Å². The lowest BCUT2D eigenvalue weighted by Crippen LogP contribution is -2.28. The number of nitrogens with zero attached hydrogens (tertiary/aromatic N) is 1. The summed E-state index contributed by atoms with van der Waals surface area (Å²) < 4.78 is 25.7. The summed E-state index contributed by atoms with van der Waals surface area (Å²) in [6.45, 7) is 0. The first kappa shape index (κ1) is 18.0. The lowest BCUT2D eigenvalue weighted by molar-refractivity contribution is -0.122. The van der Waals surface area contributed by atoms with Crippen LogP contribution in [0.3, 0.4) is 0 Å². The Labute approximate surface area is 153 Å². The molecule has 0 saturated heterocycles. The van der Waals surface area contributed by atoms with E-state index in [1.165, 1.54) is 0 Å². The molecule has 2 atom stereocenters. The minimum absolute atomic E-state index is 0.0454. The lowest BCUT2D eigenvalue weighted by atomic mass is 10.0. The lowest BCUT2D eigenvalue weighted by Gasteiger charge is -2.16. The molecule has 0 radical (unpaired) electrons. The summed E-state index contributed by atoms with van der Waals surface area (Å²) >= 11 is 0. The average molecular weight is 370 g/mol. The third kappa shape index (κ3) is 4.23. The van der Waals surface area contributed by atoms with Crippen molar-refractivity contribution in [2.45, 2.75) is 31.3 Å². The summed E-state index contributed by atoms with van der Waals surface area (Å²) in [5.74, 6) is -0.259. The SMILES string of the molecule is O=Cc1ccc2c(c1)CCC2NC(=O)CC(N=S(=O)=O)c1ccccc1. The minimum Gasteiger partial charge on any atom is -0.349 e. The maximum atomic E-state index is 12.5. The average Bonchev–Trinajstić information content (AvgIpc) is 3.03. The number of nitrogens with one attached hydrogen (secondary N) is 1. The monoisotopic (exact) mass is 370 g/mol. The van der Waals surface area contributed by atoms with Crippen molar-refractivity contribution >= 4 is 22.7 Å². The third-order valence-electron chi connectivity index (χ3n) is 4.49. The molecule has 1 aliphatic rings. The first-order valence-electron chi connectivity index (χ1n) is 8.29. The molecule has 0 fully saturated rings. The Morgan fingerprint density at radius 2 is 2.00 bits per heavy atom. The Balaban J connectivity index is 1.72. The predicted molar refractivity (Wildman–Crippen MR) is 96.2 cm³/mol. The largest absolute Gasteiger partial charge is 0.349 e. The van der Waals surface area contributed by atoms with Crippen LogP contribution in [0, 0.1) is 0 Å². The second kappa shape index (κ2) is 8.05. The third-order valence-corrected chi connectivity index (χ3v) is 4.92. The second-order valence-corrected chi connectivity index (χ2v) is 6.83. The van der Waals surface area contributed by atoms with Crippen molar-refractivity contribution in [3.8, 4) is 0 Å². The summed E-state index contributed by atoms with van der Waals surface area (Å²) in [7, 11) is -2.59. The van der Waals surface area contributed by atoms with Gasteiger partial charge in [-0.1, -0.05) is 42.5 Å². The molecule has 7 heteroatoms. The number of carbonyl (C=O) groups excluding carboxylic acids is 2. The second-order valence-electron chi connectivity index (χ2n) is 6.19. The zero-order valence-electron chi connectivity index (χ0n) is 14.0. The molecule has 6 nitrogen and oxygen atoms in total. The molecular weight excluding hydrogens is 352 g/mol. The fourth-order valence-corrected chi connectivity index (χ4v) is 3.69. The van der Waals surface area contributed by atoms with Crippen LogP contribution in [0.25, 0.3) is 0 Å². The fourth-order valence-electron chi connectivity index (χ4n) is 3.28. The van der Waals surface area contributed by atoms with Crippen molar-refractivity contribution in [1.29, 1.82) is 0 Å². The Morgan fingerprint density at radius 1 is 1.23 bits per heavy atom. The van der Waals surface area contributed by atoms with Gasteiger partial charge in [0.25, 0.3) is 0 Å². The number of aldehydes is 1. The van der Waals surface area contributed by atoms with Crippen LogP contribution in [0.2, 0.25) is 0 Å². The van der Waals surface area contributed by atoms with E-state index in [0.717, 1.165) is 30.3 Å². The van der Waals surface area contributed by atoms with Crippen LogP contribution in [0.4, 0.5) is 0 Å². The highest BCUT2D eigenvalue weighted by atomic mass is 32.2. The van der Waals surface area contributed by atoms with E-state index in [1.807, 2.05) is 18.2 Å². The standard InChI is InChI=1S/C19H18N2O4S/c22-12-13-6-8-16-15(10-13)7-9-17(16)20-19(23)11-18(21-26(24)25)14-4-2-1-3-5-14/h1-6,8,10,12,17-18H,7,9,11H2,(H,20,23). The molecule has 2 aromatic rings. The van der Waals surface area contributed by atoms with Gasteiger partial charge in [-0.05, 0) is 35.6 Å². The summed E-state index contributed by atoms with van der Waals surface area (Å²) in [6, 6.07) is 13.4. The maximum Gasteiger partial charge on any atom is 0.311 e. The van der Waals surface area contributed by atoms with Crippen LogP contribution in [-0.4, -0.2) is 20.6 Å². The number of carbonyl (C=O) groups is 2. The Kier molecular flexibility index (Phi) is 5.58. The van der Waals surface area contributed by atoms with E-state index in [1.54, 1.807) is 30.3 Å². The molecule has 1 aliphatic carbocycles. The summed E-state index contributed by atoms with van der Waals surface area (Å²) in [6.07, 6.45) is 2.31. The molecule has 1 amide bonds. The molecule has 1 N–H and O–H groups in total. The molecule has 2 aromatic carbocycles. The highest BCUT2D eigenvalue weighted by Gasteiger charge is 2.25. The highest BCUT2D eigenvalue weighted by Crippen LogP contribution is 2.32. The zero-order chi connectivity index (χ0) is 18.5.